The number of nitrogens with zero attached hydrogens (tertiary/aromatic N) is 2. The maximum Gasteiger partial charge on any atom is 0.387 e. The number of benzene rings is 1. The van der Waals surface area contributed by atoms with Crippen molar-refractivity contribution in [3.63, 3.8) is 0 Å². The van der Waals surface area contributed by atoms with Crippen molar-refractivity contribution in [2.45, 2.75) is 70.4 Å². The van der Waals surface area contributed by atoms with E-state index in [9.17, 15) is 17.2 Å². The normalized spacial score (nSPS) is 18.9. The molecule has 0 bridgehead atoms. The minimum Gasteiger partial charge on any atom is -0.435 e. The number of sulfonamides is 1. The summed E-state index contributed by atoms with van der Waals surface area (Å²) < 4.78 is 64.2. The van der Waals surface area contributed by atoms with Gasteiger partial charge >= 0.3 is 6.61 Å². The third kappa shape index (κ3) is 4.79. The van der Waals surface area contributed by atoms with Gasteiger partial charge in [0.05, 0.1) is 10.4 Å². The van der Waals surface area contributed by atoms with Gasteiger partial charge in [0.25, 0.3) is 0 Å². The van der Waals surface area contributed by atoms with Gasteiger partial charge in [-0.1, -0.05) is 36.9 Å². The highest BCUT2D eigenvalue weighted by molar-refractivity contribution is 7.93. The zero-order chi connectivity index (χ0) is 22.1. The first kappa shape index (κ1) is 21.9. The Morgan fingerprint density at radius 3 is 2.55 bits per heavy atom. The van der Waals surface area contributed by atoms with Gasteiger partial charge in [0.15, 0.2) is 5.82 Å². The van der Waals surface area contributed by atoms with E-state index in [2.05, 4.69) is 19.6 Å². The van der Waals surface area contributed by atoms with E-state index in [1.165, 1.54) is 12.1 Å². The highest BCUT2D eigenvalue weighted by Gasteiger charge is 2.42. The van der Waals surface area contributed by atoms with Crippen molar-refractivity contribution in [1.29, 1.82) is 0 Å². The number of ether oxygens (including phenoxy) is 1. The molecule has 168 valence electrons. The van der Waals surface area contributed by atoms with Gasteiger partial charge in [-0.25, -0.2) is 8.42 Å². The molecular weight excluding hydrogens is 428 g/mol. The summed E-state index contributed by atoms with van der Waals surface area (Å²) in [7, 11) is -3.83. The first-order chi connectivity index (χ1) is 14.8. The monoisotopic (exact) mass is 453 g/mol. The Morgan fingerprint density at radius 1 is 1.16 bits per heavy atom. The molecule has 0 unspecified atom stereocenters. The van der Waals surface area contributed by atoms with E-state index in [0.29, 0.717) is 36.5 Å². The first-order valence-corrected chi connectivity index (χ1v) is 11.9. The van der Waals surface area contributed by atoms with Gasteiger partial charge in [-0.3, -0.25) is 0 Å². The molecule has 2 aliphatic carbocycles. The lowest BCUT2D eigenvalue weighted by Crippen LogP contribution is -2.47. The minimum absolute atomic E-state index is 0.0662. The summed E-state index contributed by atoms with van der Waals surface area (Å²) in [6.45, 7) is -1.22. The fourth-order valence-electron chi connectivity index (χ4n) is 4.35. The van der Waals surface area contributed by atoms with Crippen molar-refractivity contribution in [1.82, 2.24) is 14.9 Å². The highest BCUT2D eigenvalue weighted by atomic mass is 32.2. The van der Waals surface area contributed by atoms with Gasteiger partial charge < -0.3 is 9.26 Å². The van der Waals surface area contributed by atoms with E-state index < -0.39 is 22.2 Å². The lowest BCUT2D eigenvalue weighted by Gasteiger charge is -2.31. The molecule has 7 nitrogen and oxygen atoms in total. The Labute approximate surface area is 179 Å². The van der Waals surface area contributed by atoms with Crippen LogP contribution in [0.4, 0.5) is 8.78 Å². The molecule has 0 atom stereocenters. The van der Waals surface area contributed by atoms with Crippen molar-refractivity contribution < 1.29 is 26.5 Å². The number of rotatable bonds is 6. The number of hydrogen-bond donors (Lipinski definition) is 1. The van der Waals surface area contributed by atoms with Crippen LogP contribution < -0.4 is 9.46 Å². The number of allylic oxidation sites excluding steroid dienone is 1. The zero-order valence-corrected chi connectivity index (χ0v) is 18.1. The molecule has 1 N–H and O–H groups in total. The topological polar surface area (TPSA) is 94.3 Å². The average molecular weight is 454 g/mol. The quantitative estimate of drug-likeness (QED) is 0.650. The van der Waals surface area contributed by atoms with Gasteiger partial charge in [0.1, 0.15) is 5.75 Å². The molecule has 31 heavy (non-hydrogen) atoms. The molecule has 2 aliphatic rings. The summed E-state index contributed by atoms with van der Waals surface area (Å²) in [6.07, 6.45) is 7.26. The van der Waals surface area contributed by atoms with E-state index in [1.54, 1.807) is 19.1 Å². The molecule has 4 rings (SSSR count). The van der Waals surface area contributed by atoms with Gasteiger partial charge in [0.2, 0.25) is 15.9 Å². The molecule has 1 aromatic heterocycles. The molecule has 1 aromatic carbocycles. The summed E-state index contributed by atoms with van der Waals surface area (Å²) >= 11 is 0. The Kier molecular flexibility index (Phi) is 6.11. The minimum atomic E-state index is -3.83. The predicted octanol–water partition coefficient (Wildman–Crippen LogP) is 4.44. The largest absolute Gasteiger partial charge is 0.435 e. The van der Waals surface area contributed by atoms with Crippen LogP contribution in [0, 0.1) is 6.92 Å². The van der Waals surface area contributed by atoms with E-state index in [1.807, 2.05) is 0 Å². The molecule has 1 saturated carbocycles. The van der Waals surface area contributed by atoms with Crippen molar-refractivity contribution in [2.24, 2.45) is 0 Å². The third-order valence-electron chi connectivity index (χ3n) is 5.88. The second-order valence-electron chi connectivity index (χ2n) is 8.09. The maximum absolute atomic E-state index is 13.4. The van der Waals surface area contributed by atoms with Gasteiger partial charge in [-0.05, 0) is 55.0 Å². The standard InChI is InChI=1S/C21H25F2N3O4S/c1-14-24-19(25-30-14)21(10-4-2-3-5-11-21)26-31(27,28)18-9-7-15-12-17(29-20(22)23)8-6-16(15)13-18/h6,8,12-13,20,26H,2-5,7,9-11H2,1H3. The highest BCUT2D eigenvalue weighted by Crippen LogP contribution is 2.37. The maximum atomic E-state index is 13.4. The summed E-state index contributed by atoms with van der Waals surface area (Å²) in [5.74, 6) is 0.836. The predicted molar refractivity (Wildman–Crippen MR) is 110 cm³/mol. The number of fused-ring (bicyclic) bond motifs is 1. The second kappa shape index (κ2) is 8.66. The lowest BCUT2D eigenvalue weighted by molar-refractivity contribution is -0.0498. The van der Waals surface area contributed by atoms with E-state index in [4.69, 9.17) is 4.52 Å². The average Bonchev–Trinajstić information content (AvgIpc) is 3.02. The Morgan fingerprint density at radius 2 is 1.90 bits per heavy atom. The number of halogens is 2. The van der Waals surface area contributed by atoms with Crippen LogP contribution in [0.3, 0.4) is 0 Å². The first-order valence-electron chi connectivity index (χ1n) is 10.4. The summed E-state index contributed by atoms with van der Waals surface area (Å²) in [6, 6.07) is 4.55. The fourth-order valence-corrected chi connectivity index (χ4v) is 5.94. The lowest BCUT2D eigenvalue weighted by atomic mass is 9.91. The van der Waals surface area contributed by atoms with Crippen molar-refractivity contribution in [3.05, 3.63) is 45.9 Å². The summed E-state index contributed by atoms with van der Waals surface area (Å²) in [5.41, 5.74) is 0.553. The van der Waals surface area contributed by atoms with Crippen LogP contribution in [0.1, 0.15) is 67.8 Å². The molecule has 2 aromatic rings. The van der Waals surface area contributed by atoms with E-state index in [0.717, 1.165) is 31.2 Å². The van der Waals surface area contributed by atoms with Gasteiger partial charge in [-0.15, -0.1) is 0 Å². The molecule has 1 heterocycles. The molecule has 0 spiro atoms. The zero-order valence-electron chi connectivity index (χ0n) is 17.2. The second-order valence-corrected chi connectivity index (χ2v) is 9.82. The number of aryl methyl sites for hydroxylation is 2. The van der Waals surface area contributed by atoms with Crippen molar-refractivity contribution in [2.75, 3.05) is 0 Å². The molecular formula is C21H25F2N3O4S. The number of hydrogen-bond acceptors (Lipinski definition) is 6. The molecule has 10 heteroatoms. The molecule has 0 saturated heterocycles. The Balaban J connectivity index is 1.63. The van der Waals surface area contributed by atoms with E-state index in [-0.39, 0.29) is 17.1 Å². The molecule has 0 radical (unpaired) electrons. The van der Waals surface area contributed by atoms with Gasteiger partial charge in [0, 0.05) is 6.92 Å². The van der Waals surface area contributed by atoms with Crippen LogP contribution in [-0.4, -0.2) is 25.2 Å². The van der Waals surface area contributed by atoms with Crippen LogP contribution in [0.5, 0.6) is 5.75 Å². The van der Waals surface area contributed by atoms with Gasteiger partial charge in [-0.2, -0.15) is 18.5 Å². The number of aromatic nitrogens is 2. The molecule has 0 aliphatic heterocycles. The smallest absolute Gasteiger partial charge is 0.387 e. The van der Waals surface area contributed by atoms with Crippen LogP contribution in [0.2, 0.25) is 0 Å². The fraction of sp³-hybridized carbons (Fsp3) is 0.524. The Bertz CT molecular complexity index is 1070. The van der Waals surface area contributed by atoms with Crippen LogP contribution >= 0.6 is 0 Å². The third-order valence-corrected chi connectivity index (χ3v) is 7.56. The summed E-state index contributed by atoms with van der Waals surface area (Å²) in [5, 5.41) is 4.04. The van der Waals surface area contributed by atoms with Crippen LogP contribution in [-0.2, 0) is 22.0 Å². The molecule has 0 amide bonds. The number of alkyl halides is 2. The number of nitrogens with one attached hydrogen (secondary N) is 1. The Hall–Kier alpha value is -2.33. The van der Waals surface area contributed by atoms with Crippen molar-refractivity contribution in [3.8, 4) is 5.75 Å². The molecule has 1 fully saturated rings. The summed E-state index contributed by atoms with van der Waals surface area (Å²) in [4.78, 5) is 4.60. The SMILES string of the molecule is Cc1nc(C2(NS(=O)(=O)C3=Cc4ccc(OC(F)F)cc4CC3)CCCCCC2)no1. The van der Waals surface area contributed by atoms with Crippen molar-refractivity contribution >= 4 is 16.1 Å². The van der Waals surface area contributed by atoms with Crippen LogP contribution in [0.25, 0.3) is 6.08 Å². The van der Waals surface area contributed by atoms with Crippen LogP contribution in [0.15, 0.2) is 27.6 Å². The van der Waals surface area contributed by atoms with E-state index >= 15 is 0 Å².